The summed E-state index contributed by atoms with van der Waals surface area (Å²) in [6, 6.07) is 0.0940. The molecule has 0 aliphatic heterocycles. The second kappa shape index (κ2) is 5.28. The van der Waals surface area contributed by atoms with Gasteiger partial charge in [-0.05, 0) is 52.5 Å². The highest BCUT2D eigenvalue weighted by atomic mass is 16.3. The number of hydrogen-bond acceptors (Lipinski definition) is 3. The van der Waals surface area contributed by atoms with Crippen molar-refractivity contribution < 1.29 is 10.2 Å². The van der Waals surface area contributed by atoms with Gasteiger partial charge in [0.2, 0.25) is 0 Å². The van der Waals surface area contributed by atoms with Gasteiger partial charge in [-0.1, -0.05) is 6.42 Å². The Bertz CT molecular complexity index is 189. The summed E-state index contributed by atoms with van der Waals surface area (Å²) in [5.74, 6) is 0.568. The highest BCUT2D eigenvalue weighted by Gasteiger charge is 2.24. The van der Waals surface area contributed by atoms with Crippen molar-refractivity contribution in [2.24, 2.45) is 5.92 Å². The quantitative estimate of drug-likeness (QED) is 0.662. The fourth-order valence-electron chi connectivity index (χ4n) is 2.04. The van der Waals surface area contributed by atoms with Crippen LogP contribution in [0.3, 0.4) is 0 Å². The topological polar surface area (TPSA) is 52.5 Å². The molecule has 3 heteroatoms. The second-order valence-corrected chi connectivity index (χ2v) is 5.47. The van der Waals surface area contributed by atoms with Crippen molar-refractivity contribution in [2.75, 3.05) is 6.54 Å². The van der Waals surface area contributed by atoms with E-state index in [1.54, 1.807) is 0 Å². The molecule has 1 aliphatic rings. The lowest BCUT2D eigenvalue weighted by atomic mass is 9.87. The minimum absolute atomic E-state index is 0.0940. The first-order valence-corrected chi connectivity index (χ1v) is 6.03. The first-order valence-electron chi connectivity index (χ1n) is 6.03. The van der Waals surface area contributed by atoms with Crippen molar-refractivity contribution in [3.63, 3.8) is 0 Å². The molecule has 0 spiro atoms. The lowest BCUT2D eigenvalue weighted by Crippen LogP contribution is -2.46. The third-order valence-corrected chi connectivity index (χ3v) is 3.53. The molecular weight excluding hydrogens is 190 g/mol. The monoisotopic (exact) mass is 215 g/mol. The molecular formula is C12H25NO2. The molecule has 0 bridgehead atoms. The van der Waals surface area contributed by atoms with Crippen LogP contribution in [0, 0.1) is 5.92 Å². The van der Waals surface area contributed by atoms with Crippen molar-refractivity contribution in [3.05, 3.63) is 0 Å². The lowest BCUT2D eigenvalue weighted by Gasteiger charge is -2.31. The first-order chi connectivity index (χ1) is 6.89. The molecule has 1 fully saturated rings. The van der Waals surface area contributed by atoms with Gasteiger partial charge in [0.25, 0.3) is 0 Å². The van der Waals surface area contributed by atoms with E-state index < -0.39 is 5.60 Å². The molecule has 90 valence electrons. The molecule has 0 heterocycles. The largest absolute Gasteiger partial charge is 0.393 e. The zero-order chi connectivity index (χ0) is 11.5. The Morgan fingerprint density at radius 1 is 1.40 bits per heavy atom. The van der Waals surface area contributed by atoms with Crippen molar-refractivity contribution >= 4 is 0 Å². The Kier molecular flexibility index (Phi) is 4.56. The molecule has 0 saturated heterocycles. The molecule has 0 aromatic heterocycles. The van der Waals surface area contributed by atoms with Crippen LogP contribution in [0.4, 0.5) is 0 Å². The molecule has 0 aromatic rings. The molecule has 3 N–H and O–H groups in total. The molecule has 0 aromatic carbocycles. The van der Waals surface area contributed by atoms with Crippen LogP contribution in [0.25, 0.3) is 0 Å². The van der Waals surface area contributed by atoms with Crippen LogP contribution >= 0.6 is 0 Å². The van der Waals surface area contributed by atoms with E-state index >= 15 is 0 Å². The lowest BCUT2D eigenvalue weighted by molar-refractivity contribution is 0.0392. The fourth-order valence-corrected chi connectivity index (χ4v) is 2.04. The molecule has 15 heavy (non-hydrogen) atoms. The van der Waals surface area contributed by atoms with E-state index in [4.69, 9.17) is 0 Å². The Morgan fingerprint density at radius 3 is 2.60 bits per heavy atom. The maximum absolute atomic E-state index is 9.76. The normalized spacial score (nSPS) is 30.2. The van der Waals surface area contributed by atoms with Gasteiger partial charge in [-0.2, -0.15) is 0 Å². The van der Waals surface area contributed by atoms with Gasteiger partial charge in [0.1, 0.15) is 0 Å². The van der Waals surface area contributed by atoms with Crippen LogP contribution in [0.2, 0.25) is 0 Å². The maximum atomic E-state index is 9.76. The van der Waals surface area contributed by atoms with Crippen LogP contribution in [0.15, 0.2) is 0 Å². The molecule has 1 rings (SSSR count). The van der Waals surface area contributed by atoms with Gasteiger partial charge in [-0.15, -0.1) is 0 Å². The average molecular weight is 215 g/mol. The van der Waals surface area contributed by atoms with Gasteiger partial charge in [-0.25, -0.2) is 0 Å². The molecule has 3 nitrogen and oxygen atoms in total. The summed E-state index contributed by atoms with van der Waals surface area (Å²) in [4.78, 5) is 0. The summed E-state index contributed by atoms with van der Waals surface area (Å²) in [6.45, 7) is 6.54. The van der Waals surface area contributed by atoms with Crippen LogP contribution in [-0.4, -0.2) is 34.5 Å². The summed E-state index contributed by atoms with van der Waals surface area (Å²) in [5.41, 5.74) is -0.673. The van der Waals surface area contributed by atoms with Crippen LogP contribution in [-0.2, 0) is 0 Å². The third kappa shape index (κ3) is 4.49. The Hall–Kier alpha value is -0.120. The van der Waals surface area contributed by atoms with E-state index in [-0.39, 0.29) is 12.1 Å². The predicted octanol–water partition coefficient (Wildman–Crippen LogP) is 1.29. The van der Waals surface area contributed by atoms with E-state index in [0.29, 0.717) is 5.92 Å². The minimum atomic E-state index is -0.673. The standard InChI is InChI=1S/C12H25NO2/c1-9(12(2,3)15)13-8-10-5-4-6-11(14)7-10/h9-11,13-15H,4-8H2,1-3H3. The van der Waals surface area contributed by atoms with E-state index in [1.165, 1.54) is 6.42 Å². The summed E-state index contributed by atoms with van der Waals surface area (Å²) in [7, 11) is 0. The highest BCUT2D eigenvalue weighted by molar-refractivity contribution is 4.82. The van der Waals surface area contributed by atoms with Gasteiger partial charge in [0, 0.05) is 6.04 Å². The van der Waals surface area contributed by atoms with Gasteiger partial charge >= 0.3 is 0 Å². The van der Waals surface area contributed by atoms with Crippen molar-refractivity contribution in [1.82, 2.24) is 5.32 Å². The molecule has 1 saturated carbocycles. The van der Waals surface area contributed by atoms with Crippen LogP contribution in [0.5, 0.6) is 0 Å². The molecule has 3 atom stereocenters. The Labute approximate surface area is 92.9 Å². The van der Waals surface area contributed by atoms with Crippen LogP contribution in [0.1, 0.15) is 46.5 Å². The molecule has 0 amide bonds. The van der Waals surface area contributed by atoms with Crippen molar-refractivity contribution in [3.8, 4) is 0 Å². The highest BCUT2D eigenvalue weighted by Crippen LogP contribution is 2.23. The third-order valence-electron chi connectivity index (χ3n) is 3.53. The van der Waals surface area contributed by atoms with Gasteiger partial charge in [-0.3, -0.25) is 0 Å². The first kappa shape index (κ1) is 12.9. The minimum Gasteiger partial charge on any atom is -0.393 e. The van der Waals surface area contributed by atoms with E-state index in [0.717, 1.165) is 25.8 Å². The van der Waals surface area contributed by atoms with E-state index in [2.05, 4.69) is 5.32 Å². The van der Waals surface area contributed by atoms with E-state index in [9.17, 15) is 10.2 Å². The number of nitrogens with one attached hydrogen (secondary N) is 1. The summed E-state index contributed by atoms with van der Waals surface area (Å²) < 4.78 is 0. The maximum Gasteiger partial charge on any atom is 0.0741 e. The molecule has 1 aliphatic carbocycles. The Balaban J connectivity index is 2.24. The predicted molar refractivity (Wildman–Crippen MR) is 61.7 cm³/mol. The van der Waals surface area contributed by atoms with Gasteiger partial charge in [0.05, 0.1) is 11.7 Å². The average Bonchev–Trinajstić information content (AvgIpc) is 2.12. The number of aliphatic hydroxyl groups excluding tert-OH is 1. The molecule has 3 unspecified atom stereocenters. The van der Waals surface area contributed by atoms with Crippen molar-refractivity contribution in [2.45, 2.75) is 64.2 Å². The smallest absolute Gasteiger partial charge is 0.0741 e. The zero-order valence-electron chi connectivity index (χ0n) is 10.2. The fraction of sp³-hybridized carbons (Fsp3) is 1.00. The SMILES string of the molecule is CC(NCC1CCCC(O)C1)C(C)(C)O. The summed E-state index contributed by atoms with van der Waals surface area (Å²) in [5, 5.41) is 22.6. The molecule has 0 radical (unpaired) electrons. The summed E-state index contributed by atoms with van der Waals surface area (Å²) in [6.07, 6.45) is 4.08. The van der Waals surface area contributed by atoms with Crippen LogP contribution < -0.4 is 5.32 Å². The number of rotatable bonds is 4. The van der Waals surface area contributed by atoms with Crippen molar-refractivity contribution in [1.29, 1.82) is 0 Å². The number of hydrogen-bond donors (Lipinski definition) is 3. The second-order valence-electron chi connectivity index (χ2n) is 5.47. The Morgan fingerprint density at radius 2 is 2.07 bits per heavy atom. The van der Waals surface area contributed by atoms with E-state index in [1.807, 2.05) is 20.8 Å². The number of aliphatic hydroxyl groups is 2. The van der Waals surface area contributed by atoms with Gasteiger partial charge in [0.15, 0.2) is 0 Å². The van der Waals surface area contributed by atoms with Gasteiger partial charge < -0.3 is 15.5 Å². The zero-order valence-corrected chi connectivity index (χ0v) is 10.2. The summed E-state index contributed by atoms with van der Waals surface area (Å²) >= 11 is 0.